The molecular formula is C33H38ClNO3. The minimum Gasteiger partial charge on any atom is -0.494 e. The van der Waals surface area contributed by atoms with Gasteiger partial charge in [0.2, 0.25) is 0 Å². The van der Waals surface area contributed by atoms with Gasteiger partial charge >= 0.3 is 0 Å². The van der Waals surface area contributed by atoms with Crippen molar-refractivity contribution in [2.45, 2.75) is 37.9 Å². The topological polar surface area (TPSA) is 50.7 Å². The van der Waals surface area contributed by atoms with Crippen molar-refractivity contribution in [3.05, 3.63) is 114 Å². The van der Waals surface area contributed by atoms with Crippen LogP contribution in [0.4, 0.5) is 0 Å². The van der Waals surface area contributed by atoms with Crippen molar-refractivity contribution < 1.29 is 14.6 Å². The predicted molar refractivity (Wildman–Crippen MR) is 157 cm³/mol. The Morgan fingerprint density at radius 3 is 2.39 bits per heavy atom. The standard InChI is InChI=1S/C33H37NO3.ClH/c35-33(22-26-11-12-27-9-4-5-10-29(27)21-26)32-23-34-18-17-31(32)28-13-15-30(16-14-28)37-20-6-19-36-24-25-7-2-1-3-8-25;/h1-5,7-16,21,31-35H,6,17-20,22-24H2;1H. The number of hydrogen-bond acceptors (Lipinski definition) is 4. The zero-order valence-electron chi connectivity index (χ0n) is 21.8. The van der Waals surface area contributed by atoms with Gasteiger partial charge in [0.15, 0.2) is 0 Å². The highest BCUT2D eigenvalue weighted by atomic mass is 35.5. The van der Waals surface area contributed by atoms with E-state index in [1.54, 1.807) is 0 Å². The van der Waals surface area contributed by atoms with Crippen LogP contribution in [0.3, 0.4) is 0 Å². The smallest absolute Gasteiger partial charge is 0.119 e. The average molecular weight is 532 g/mol. The van der Waals surface area contributed by atoms with E-state index in [1.165, 1.54) is 27.5 Å². The molecule has 200 valence electrons. The molecule has 0 aliphatic carbocycles. The quantitative estimate of drug-likeness (QED) is 0.216. The van der Waals surface area contributed by atoms with Gasteiger partial charge in [0.1, 0.15) is 5.75 Å². The van der Waals surface area contributed by atoms with E-state index in [2.05, 4.69) is 84.2 Å². The number of piperidine rings is 1. The molecular weight excluding hydrogens is 494 g/mol. The number of ether oxygens (including phenoxy) is 2. The summed E-state index contributed by atoms with van der Waals surface area (Å²) in [5.74, 6) is 1.39. The lowest BCUT2D eigenvalue weighted by molar-refractivity contribution is 0.0788. The first-order chi connectivity index (χ1) is 18.3. The van der Waals surface area contributed by atoms with Gasteiger partial charge in [0.05, 0.1) is 25.9 Å². The number of hydrogen-bond donors (Lipinski definition) is 2. The van der Waals surface area contributed by atoms with E-state index < -0.39 is 6.10 Å². The fourth-order valence-electron chi connectivity index (χ4n) is 5.39. The van der Waals surface area contributed by atoms with Crippen LogP contribution < -0.4 is 10.1 Å². The van der Waals surface area contributed by atoms with Gasteiger partial charge in [-0.1, -0.05) is 84.9 Å². The van der Waals surface area contributed by atoms with Crippen LogP contribution in [0.25, 0.3) is 10.8 Å². The van der Waals surface area contributed by atoms with Crippen molar-refractivity contribution in [3.8, 4) is 5.75 Å². The summed E-state index contributed by atoms with van der Waals surface area (Å²) >= 11 is 0. The maximum Gasteiger partial charge on any atom is 0.119 e. The molecule has 0 saturated carbocycles. The van der Waals surface area contributed by atoms with Crippen LogP contribution in [-0.4, -0.2) is 37.5 Å². The molecule has 4 aromatic carbocycles. The van der Waals surface area contributed by atoms with Gasteiger partial charge < -0.3 is 19.9 Å². The van der Waals surface area contributed by atoms with E-state index >= 15 is 0 Å². The van der Waals surface area contributed by atoms with Gasteiger partial charge in [-0.05, 0) is 64.9 Å². The van der Waals surface area contributed by atoms with Crippen molar-refractivity contribution in [1.82, 2.24) is 5.32 Å². The highest BCUT2D eigenvalue weighted by Gasteiger charge is 2.32. The van der Waals surface area contributed by atoms with E-state index in [1.807, 2.05) is 18.2 Å². The van der Waals surface area contributed by atoms with Gasteiger partial charge in [-0.3, -0.25) is 0 Å². The molecule has 38 heavy (non-hydrogen) atoms. The second-order valence-electron chi connectivity index (χ2n) is 10.0. The highest BCUT2D eigenvalue weighted by Crippen LogP contribution is 2.34. The zero-order valence-corrected chi connectivity index (χ0v) is 22.6. The minimum absolute atomic E-state index is 0. The van der Waals surface area contributed by atoms with Crippen molar-refractivity contribution in [1.29, 1.82) is 0 Å². The summed E-state index contributed by atoms with van der Waals surface area (Å²) in [5.41, 5.74) is 3.66. The molecule has 0 aromatic heterocycles. The number of rotatable bonds is 11. The number of nitrogens with one attached hydrogen (secondary N) is 1. The van der Waals surface area contributed by atoms with E-state index in [0.717, 1.165) is 31.7 Å². The Kier molecular flexibility index (Phi) is 10.6. The van der Waals surface area contributed by atoms with Gasteiger partial charge in [0, 0.05) is 18.9 Å². The van der Waals surface area contributed by atoms with E-state index in [9.17, 15) is 5.11 Å². The number of fused-ring (bicyclic) bond motifs is 1. The first-order valence-electron chi connectivity index (χ1n) is 13.5. The lowest BCUT2D eigenvalue weighted by Gasteiger charge is -2.36. The molecule has 3 atom stereocenters. The Morgan fingerprint density at radius 2 is 1.58 bits per heavy atom. The molecule has 4 nitrogen and oxygen atoms in total. The second-order valence-corrected chi connectivity index (χ2v) is 10.0. The van der Waals surface area contributed by atoms with Crippen LogP contribution in [0.15, 0.2) is 97.1 Å². The number of benzene rings is 4. The molecule has 1 aliphatic heterocycles. The van der Waals surface area contributed by atoms with E-state index in [0.29, 0.717) is 32.2 Å². The molecule has 5 heteroatoms. The molecule has 1 heterocycles. The van der Waals surface area contributed by atoms with Crippen LogP contribution >= 0.6 is 12.4 Å². The molecule has 0 amide bonds. The van der Waals surface area contributed by atoms with Crippen molar-refractivity contribution in [3.63, 3.8) is 0 Å². The highest BCUT2D eigenvalue weighted by molar-refractivity contribution is 5.85. The van der Waals surface area contributed by atoms with Crippen LogP contribution in [0.1, 0.15) is 35.4 Å². The van der Waals surface area contributed by atoms with E-state index in [4.69, 9.17) is 9.47 Å². The minimum atomic E-state index is -0.397. The Labute approximate surface area is 232 Å². The zero-order chi connectivity index (χ0) is 25.3. The van der Waals surface area contributed by atoms with Gasteiger partial charge in [-0.15, -0.1) is 12.4 Å². The largest absolute Gasteiger partial charge is 0.494 e. The summed E-state index contributed by atoms with van der Waals surface area (Å²) in [6, 6.07) is 33.6. The maximum absolute atomic E-state index is 11.3. The Bertz CT molecular complexity index is 1250. The lowest BCUT2D eigenvalue weighted by atomic mass is 9.76. The Morgan fingerprint density at radius 1 is 0.816 bits per heavy atom. The molecule has 5 rings (SSSR count). The van der Waals surface area contributed by atoms with Crippen LogP contribution in [0, 0.1) is 5.92 Å². The van der Waals surface area contributed by atoms with Gasteiger partial charge in [-0.25, -0.2) is 0 Å². The maximum atomic E-state index is 11.3. The number of aliphatic hydroxyl groups excluding tert-OH is 1. The third kappa shape index (κ3) is 7.58. The third-order valence-corrected chi connectivity index (χ3v) is 7.40. The average Bonchev–Trinajstić information content (AvgIpc) is 2.96. The summed E-state index contributed by atoms with van der Waals surface area (Å²) in [7, 11) is 0. The molecule has 0 bridgehead atoms. The van der Waals surface area contributed by atoms with Crippen LogP contribution in [0.2, 0.25) is 0 Å². The number of halogens is 1. The van der Waals surface area contributed by atoms with Crippen LogP contribution in [0.5, 0.6) is 5.75 Å². The SMILES string of the molecule is Cl.OC(Cc1ccc2ccccc2c1)C1CNCCC1c1ccc(OCCCOCc2ccccc2)cc1. The van der Waals surface area contributed by atoms with Gasteiger partial charge in [-0.2, -0.15) is 0 Å². The summed E-state index contributed by atoms with van der Waals surface area (Å²) in [5, 5.41) is 17.2. The molecule has 1 aliphatic rings. The van der Waals surface area contributed by atoms with Crippen molar-refractivity contribution >= 4 is 23.2 Å². The van der Waals surface area contributed by atoms with Crippen molar-refractivity contribution in [2.75, 3.05) is 26.3 Å². The summed E-state index contributed by atoms with van der Waals surface area (Å²) < 4.78 is 11.7. The van der Waals surface area contributed by atoms with Gasteiger partial charge in [0.25, 0.3) is 0 Å². The molecule has 1 fully saturated rings. The molecule has 0 radical (unpaired) electrons. The summed E-state index contributed by atoms with van der Waals surface area (Å²) in [6.07, 6.45) is 2.15. The van der Waals surface area contributed by atoms with E-state index in [-0.39, 0.29) is 18.3 Å². The predicted octanol–water partition coefficient (Wildman–Crippen LogP) is 6.54. The fourth-order valence-corrected chi connectivity index (χ4v) is 5.39. The second kappa shape index (κ2) is 14.3. The molecule has 3 unspecified atom stereocenters. The molecule has 2 N–H and O–H groups in total. The number of aliphatic hydroxyl groups is 1. The Hall–Kier alpha value is -2.89. The normalized spacial score (nSPS) is 18.0. The summed E-state index contributed by atoms with van der Waals surface area (Å²) in [6.45, 7) is 3.76. The third-order valence-electron chi connectivity index (χ3n) is 7.40. The molecule has 4 aromatic rings. The molecule has 0 spiro atoms. The first kappa shape index (κ1) is 28.1. The fraction of sp³-hybridized carbons (Fsp3) is 0.333. The molecule has 1 saturated heterocycles. The monoisotopic (exact) mass is 531 g/mol. The van der Waals surface area contributed by atoms with Crippen molar-refractivity contribution in [2.24, 2.45) is 5.92 Å². The summed E-state index contributed by atoms with van der Waals surface area (Å²) in [4.78, 5) is 0. The first-order valence-corrected chi connectivity index (χ1v) is 13.5. The van der Waals surface area contributed by atoms with Crippen LogP contribution in [-0.2, 0) is 17.8 Å². The lowest BCUT2D eigenvalue weighted by Crippen LogP contribution is -2.42. The Balaban J connectivity index is 0.00000336.